The second kappa shape index (κ2) is 9.68. The molecule has 1 unspecified atom stereocenters. The Labute approximate surface area is 147 Å². The summed E-state index contributed by atoms with van der Waals surface area (Å²) in [5.41, 5.74) is 1.59. The Balaban J connectivity index is 1.74. The first-order valence-corrected chi connectivity index (χ1v) is 9.59. The number of carbonyl (C=O) groups excluding carboxylic acids is 2. The minimum absolute atomic E-state index is 0.0825. The first kappa shape index (κ1) is 18.8. The molecule has 24 heavy (non-hydrogen) atoms. The summed E-state index contributed by atoms with van der Waals surface area (Å²) in [5, 5.41) is 10.8. The summed E-state index contributed by atoms with van der Waals surface area (Å²) in [6, 6.07) is 0. The average molecular weight is 353 g/mol. The third kappa shape index (κ3) is 5.52. The zero-order chi connectivity index (χ0) is 17.4. The maximum Gasteiger partial charge on any atom is 0.240 e. The lowest BCUT2D eigenvalue weighted by atomic mass is 9.97. The number of amides is 2. The molecule has 0 aromatic carbocycles. The smallest absolute Gasteiger partial charge is 0.240 e. The molecule has 1 aliphatic rings. The molecular formula is C16H27N5O2S. The summed E-state index contributed by atoms with van der Waals surface area (Å²) in [4.78, 5) is 28.6. The molecule has 8 heteroatoms. The molecule has 1 fully saturated rings. The molecule has 1 atom stereocenters. The topological polar surface area (TPSA) is 78.4 Å². The number of hydrogen-bond donors (Lipinski definition) is 1. The van der Waals surface area contributed by atoms with Crippen LogP contribution in [0.5, 0.6) is 0 Å². The molecule has 2 heterocycles. The van der Waals surface area contributed by atoms with Crippen LogP contribution in [0.1, 0.15) is 39.5 Å². The third-order valence-electron chi connectivity index (χ3n) is 4.41. The van der Waals surface area contributed by atoms with Gasteiger partial charge in [-0.15, -0.1) is 10.2 Å². The summed E-state index contributed by atoms with van der Waals surface area (Å²) in [7, 11) is 0. The van der Waals surface area contributed by atoms with Crippen LogP contribution in [0.15, 0.2) is 5.51 Å². The normalized spacial score (nSPS) is 16.8. The highest BCUT2D eigenvalue weighted by molar-refractivity contribution is 7.13. The number of anilines is 1. The molecule has 7 nitrogen and oxygen atoms in total. The van der Waals surface area contributed by atoms with Gasteiger partial charge in [0.25, 0.3) is 0 Å². The highest BCUT2D eigenvalue weighted by Gasteiger charge is 2.26. The summed E-state index contributed by atoms with van der Waals surface area (Å²) in [6.45, 7) is 7.45. The van der Waals surface area contributed by atoms with E-state index in [0.717, 1.165) is 38.8 Å². The standard InChI is InChI=1S/C16H27N5O2S/c1-3-5-6-13(4-2)15(23)21-9-7-20(8-10-21)11-14(22)18-16-19-17-12-24-16/h12-13H,3-11H2,1-2H3,(H,18,19,22). The van der Waals surface area contributed by atoms with Crippen molar-refractivity contribution in [3.8, 4) is 0 Å². The van der Waals surface area contributed by atoms with E-state index < -0.39 is 0 Å². The molecule has 1 aromatic heterocycles. The zero-order valence-electron chi connectivity index (χ0n) is 14.5. The maximum absolute atomic E-state index is 12.6. The Kier molecular flexibility index (Phi) is 7.58. The summed E-state index contributed by atoms with van der Waals surface area (Å²) < 4.78 is 0. The minimum Gasteiger partial charge on any atom is -0.340 e. The fourth-order valence-corrected chi connectivity index (χ4v) is 3.39. The van der Waals surface area contributed by atoms with E-state index >= 15 is 0 Å². The van der Waals surface area contributed by atoms with Gasteiger partial charge in [-0.3, -0.25) is 19.8 Å². The average Bonchev–Trinajstić information content (AvgIpc) is 3.08. The van der Waals surface area contributed by atoms with Gasteiger partial charge in [-0.25, -0.2) is 0 Å². The van der Waals surface area contributed by atoms with Gasteiger partial charge in [-0.2, -0.15) is 0 Å². The molecule has 2 amide bonds. The number of rotatable bonds is 8. The van der Waals surface area contributed by atoms with Crippen molar-refractivity contribution < 1.29 is 9.59 Å². The second-order valence-corrected chi connectivity index (χ2v) is 6.97. The molecular weight excluding hydrogens is 326 g/mol. The molecule has 1 N–H and O–H groups in total. The predicted molar refractivity (Wildman–Crippen MR) is 94.9 cm³/mol. The number of piperazine rings is 1. The molecule has 1 aromatic rings. The van der Waals surface area contributed by atoms with Crippen LogP contribution < -0.4 is 5.32 Å². The molecule has 134 valence electrons. The fourth-order valence-electron chi connectivity index (χ4n) is 2.93. The van der Waals surface area contributed by atoms with E-state index in [1.165, 1.54) is 11.3 Å². The van der Waals surface area contributed by atoms with Gasteiger partial charge in [0.15, 0.2) is 0 Å². The van der Waals surface area contributed by atoms with Crippen molar-refractivity contribution >= 4 is 28.3 Å². The number of carbonyl (C=O) groups is 2. The van der Waals surface area contributed by atoms with E-state index in [0.29, 0.717) is 24.8 Å². The molecule has 0 spiro atoms. The number of hydrogen-bond acceptors (Lipinski definition) is 6. The van der Waals surface area contributed by atoms with Gasteiger partial charge in [0.05, 0.1) is 6.54 Å². The SMILES string of the molecule is CCCCC(CC)C(=O)N1CCN(CC(=O)Nc2nncs2)CC1. The maximum atomic E-state index is 12.6. The molecule has 1 aliphatic heterocycles. The van der Waals surface area contributed by atoms with E-state index in [4.69, 9.17) is 0 Å². The molecule has 0 saturated carbocycles. The molecule has 1 saturated heterocycles. The Hall–Kier alpha value is -1.54. The summed E-state index contributed by atoms with van der Waals surface area (Å²) in [6.07, 6.45) is 4.12. The Morgan fingerprint density at radius 2 is 2.04 bits per heavy atom. The highest BCUT2D eigenvalue weighted by atomic mass is 32.1. The van der Waals surface area contributed by atoms with Crippen molar-refractivity contribution in [2.24, 2.45) is 5.92 Å². The van der Waals surface area contributed by atoms with Gasteiger partial charge in [-0.1, -0.05) is 38.0 Å². The second-order valence-electron chi connectivity index (χ2n) is 6.14. The van der Waals surface area contributed by atoms with Crippen molar-refractivity contribution in [1.82, 2.24) is 20.0 Å². The lowest BCUT2D eigenvalue weighted by molar-refractivity contribution is -0.137. The van der Waals surface area contributed by atoms with E-state index in [1.807, 2.05) is 4.90 Å². The third-order valence-corrected chi connectivity index (χ3v) is 5.01. The lowest BCUT2D eigenvalue weighted by Gasteiger charge is -2.36. The monoisotopic (exact) mass is 353 g/mol. The summed E-state index contributed by atoms with van der Waals surface area (Å²) >= 11 is 1.30. The van der Waals surface area contributed by atoms with Crippen LogP contribution in [-0.4, -0.2) is 64.5 Å². The van der Waals surface area contributed by atoms with Crippen molar-refractivity contribution in [2.45, 2.75) is 39.5 Å². The number of aromatic nitrogens is 2. The van der Waals surface area contributed by atoms with Gasteiger partial charge in [0.2, 0.25) is 16.9 Å². The van der Waals surface area contributed by atoms with E-state index in [9.17, 15) is 9.59 Å². The van der Waals surface area contributed by atoms with Crippen LogP contribution in [0.25, 0.3) is 0 Å². The minimum atomic E-state index is -0.0825. The number of nitrogens with zero attached hydrogens (tertiary/aromatic N) is 4. The van der Waals surface area contributed by atoms with Crippen molar-refractivity contribution in [1.29, 1.82) is 0 Å². The van der Waals surface area contributed by atoms with Crippen LogP contribution in [0.2, 0.25) is 0 Å². The van der Waals surface area contributed by atoms with E-state index in [2.05, 4.69) is 34.3 Å². The Morgan fingerprint density at radius 3 is 2.62 bits per heavy atom. The van der Waals surface area contributed by atoms with Crippen molar-refractivity contribution in [2.75, 3.05) is 38.0 Å². The van der Waals surface area contributed by atoms with Gasteiger partial charge in [0, 0.05) is 32.1 Å². The first-order valence-electron chi connectivity index (χ1n) is 8.71. The van der Waals surface area contributed by atoms with Gasteiger partial charge in [0.1, 0.15) is 5.51 Å². The van der Waals surface area contributed by atoms with Crippen LogP contribution in [0.4, 0.5) is 5.13 Å². The van der Waals surface area contributed by atoms with E-state index in [1.54, 1.807) is 5.51 Å². The largest absolute Gasteiger partial charge is 0.340 e. The predicted octanol–water partition coefficient (Wildman–Crippen LogP) is 1.84. The molecule has 0 bridgehead atoms. The number of nitrogens with one attached hydrogen (secondary N) is 1. The van der Waals surface area contributed by atoms with Gasteiger partial charge < -0.3 is 4.90 Å². The molecule has 2 rings (SSSR count). The van der Waals surface area contributed by atoms with Gasteiger partial charge in [-0.05, 0) is 12.8 Å². The van der Waals surface area contributed by atoms with Crippen molar-refractivity contribution in [3.05, 3.63) is 5.51 Å². The Bertz CT molecular complexity index is 515. The number of unbranched alkanes of at least 4 members (excludes halogenated alkanes) is 1. The van der Waals surface area contributed by atoms with Crippen LogP contribution in [-0.2, 0) is 9.59 Å². The highest BCUT2D eigenvalue weighted by Crippen LogP contribution is 2.17. The molecule has 0 aliphatic carbocycles. The summed E-state index contributed by atoms with van der Waals surface area (Å²) in [5.74, 6) is 0.349. The Morgan fingerprint density at radius 1 is 1.29 bits per heavy atom. The van der Waals surface area contributed by atoms with Gasteiger partial charge >= 0.3 is 0 Å². The zero-order valence-corrected chi connectivity index (χ0v) is 15.3. The first-order chi connectivity index (χ1) is 11.6. The molecule has 0 radical (unpaired) electrons. The van der Waals surface area contributed by atoms with Crippen LogP contribution >= 0.6 is 11.3 Å². The van der Waals surface area contributed by atoms with Crippen LogP contribution in [0.3, 0.4) is 0 Å². The lowest BCUT2D eigenvalue weighted by Crippen LogP contribution is -2.51. The van der Waals surface area contributed by atoms with E-state index in [-0.39, 0.29) is 17.7 Å². The van der Waals surface area contributed by atoms with Crippen molar-refractivity contribution in [3.63, 3.8) is 0 Å². The van der Waals surface area contributed by atoms with Crippen LogP contribution in [0, 0.1) is 5.92 Å². The fraction of sp³-hybridized carbons (Fsp3) is 0.750. The quantitative estimate of drug-likeness (QED) is 0.771.